The average molecular weight is 332 g/mol. The molecule has 0 amide bonds. The van der Waals surface area contributed by atoms with Crippen LogP contribution in [0.5, 0.6) is 11.5 Å². The van der Waals surface area contributed by atoms with Crippen molar-refractivity contribution in [2.75, 3.05) is 0 Å². The van der Waals surface area contributed by atoms with E-state index < -0.39 is 6.29 Å². The van der Waals surface area contributed by atoms with E-state index in [1.54, 1.807) is 12.1 Å². The van der Waals surface area contributed by atoms with Gasteiger partial charge in [-0.25, -0.2) is 0 Å². The molecule has 1 aliphatic rings. The smallest absolute Gasteiger partial charge is 0.395 e. The molecule has 1 aliphatic heterocycles. The van der Waals surface area contributed by atoms with Crippen molar-refractivity contribution >= 4 is 11.6 Å². The predicted octanol–water partition coefficient (Wildman–Crippen LogP) is 4.16. The van der Waals surface area contributed by atoms with Crippen LogP contribution in [0.4, 0.5) is 8.78 Å². The molecule has 3 rings (SSSR count). The van der Waals surface area contributed by atoms with Gasteiger partial charge in [0, 0.05) is 24.0 Å². The molecule has 0 saturated heterocycles. The third kappa shape index (κ3) is 3.42. The Hall–Kier alpha value is -2.76. The second kappa shape index (κ2) is 6.03. The number of halogens is 2. The number of carbonyl (C=O) groups is 2. The summed E-state index contributed by atoms with van der Waals surface area (Å²) in [6.07, 6.45) is -3.68. The molecule has 0 unspecified atom stereocenters. The van der Waals surface area contributed by atoms with Crippen molar-refractivity contribution in [1.29, 1.82) is 0 Å². The van der Waals surface area contributed by atoms with Gasteiger partial charge < -0.3 is 9.47 Å². The Balaban J connectivity index is 1.64. The monoisotopic (exact) mass is 332 g/mol. The van der Waals surface area contributed by atoms with Gasteiger partial charge in [-0.15, -0.1) is 8.78 Å². The number of ether oxygens (including phenoxy) is 2. The molecular formula is C18H14F2O4. The Morgan fingerprint density at radius 3 is 2.08 bits per heavy atom. The standard InChI is InChI=1S/C18H14F2O4/c1-11-2-4-12(5-3-11)14(21)7-8-15(22)13-6-9-16-17(10-13)24-18(19,20)23-16/h2-6,9-10H,7-8H2,1H3. The molecule has 124 valence electrons. The summed E-state index contributed by atoms with van der Waals surface area (Å²) >= 11 is 0. The second-order valence-electron chi connectivity index (χ2n) is 5.54. The van der Waals surface area contributed by atoms with Crippen LogP contribution in [-0.4, -0.2) is 17.9 Å². The number of alkyl halides is 2. The molecule has 0 saturated carbocycles. The highest BCUT2D eigenvalue weighted by Crippen LogP contribution is 2.41. The third-order valence-electron chi connectivity index (χ3n) is 3.68. The summed E-state index contributed by atoms with van der Waals surface area (Å²) < 4.78 is 34.5. The van der Waals surface area contributed by atoms with Gasteiger partial charge in [0.05, 0.1) is 0 Å². The van der Waals surface area contributed by atoms with Crippen LogP contribution in [0.2, 0.25) is 0 Å². The number of hydrogen-bond acceptors (Lipinski definition) is 4. The van der Waals surface area contributed by atoms with Crippen molar-refractivity contribution in [2.24, 2.45) is 0 Å². The Morgan fingerprint density at radius 2 is 1.42 bits per heavy atom. The zero-order valence-electron chi connectivity index (χ0n) is 12.8. The van der Waals surface area contributed by atoms with Gasteiger partial charge in [0.1, 0.15) is 0 Å². The lowest BCUT2D eigenvalue weighted by Gasteiger charge is -2.04. The molecule has 0 bridgehead atoms. The lowest BCUT2D eigenvalue weighted by Crippen LogP contribution is -2.25. The number of aryl methyl sites for hydroxylation is 1. The first-order valence-electron chi connectivity index (χ1n) is 7.37. The van der Waals surface area contributed by atoms with E-state index in [1.165, 1.54) is 18.2 Å². The summed E-state index contributed by atoms with van der Waals surface area (Å²) in [6.45, 7) is 1.92. The van der Waals surface area contributed by atoms with Gasteiger partial charge in [0.2, 0.25) is 0 Å². The van der Waals surface area contributed by atoms with E-state index in [0.717, 1.165) is 5.56 Å². The highest BCUT2D eigenvalue weighted by atomic mass is 19.3. The number of hydrogen-bond donors (Lipinski definition) is 0. The van der Waals surface area contributed by atoms with Gasteiger partial charge in [-0.05, 0) is 25.1 Å². The Morgan fingerprint density at radius 1 is 0.875 bits per heavy atom. The second-order valence-corrected chi connectivity index (χ2v) is 5.54. The zero-order valence-corrected chi connectivity index (χ0v) is 12.8. The molecule has 2 aromatic rings. The van der Waals surface area contributed by atoms with Crippen LogP contribution in [0.1, 0.15) is 39.1 Å². The van der Waals surface area contributed by atoms with Crippen LogP contribution >= 0.6 is 0 Å². The minimum absolute atomic E-state index is 0.0112. The summed E-state index contributed by atoms with van der Waals surface area (Å²) in [5, 5.41) is 0. The SMILES string of the molecule is Cc1ccc(C(=O)CCC(=O)c2ccc3c(c2)OC(F)(F)O3)cc1. The highest BCUT2D eigenvalue weighted by molar-refractivity contribution is 6.02. The number of benzene rings is 2. The Bertz CT molecular complexity index is 797. The Labute approximate surface area is 137 Å². The first-order chi connectivity index (χ1) is 11.3. The van der Waals surface area contributed by atoms with Crippen molar-refractivity contribution < 1.29 is 27.8 Å². The minimum atomic E-state index is -3.72. The van der Waals surface area contributed by atoms with Gasteiger partial charge in [-0.2, -0.15) is 0 Å². The third-order valence-corrected chi connectivity index (χ3v) is 3.68. The van der Waals surface area contributed by atoms with Gasteiger partial charge in [-0.3, -0.25) is 9.59 Å². The molecule has 0 aliphatic carbocycles. The number of rotatable bonds is 5. The first kappa shape index (κ1) is 16.1. The molecule has 2 aromatic carbocycles. The van der Waals surface area contributed by atoms with Crippen LogP contribution in [0.25, 0.3) is 0 Å². The molecule has 24 heavy (non-hydrogen) atoms. The quantitative estimate of drug-likeness (QED) is 0.772. The van der Waals surface area contributed by atoms with Crippen LogP contribution in [0.3, 0.4) is 0 Å². The number of fused-ring (bicyclic) bond motifs is 1. The van der Waals surface area contributed by atoms with Crippen molar-refractivity contribution in [2.45, 2.75) is 26.1 Å². The van der Waals surface area contributed by atoms with E-state index in [-0.39, 0.29) is 41.5 Å². The summed E-state index contributed by atoms with van der Waals surface area (Å²) in [6, 6.07) is 10.9. The molecule has 0 fully saturated rings. The fraction of sp³-hybridized carbons (Fsp3) is 0.222. The van der Waals surface area contributed by atoms with Crippen molar-refractivity contribution in [1.82, 2.24) is 0 Å². The molecule has 0 aromatic heterocycles. The lowest BCUT2D eigenvalue weighted by molar-refractivity contribution is -0.286. The molecule has 0 atom stereocenters. The molecular weight excluding hydrogens is 318 g/mol. The fourth-order valence-corrected chi connectivity index (χ4v) is 2.38. The highest BCUT2D eigenvalue weighted by Gasteiger charge is 2.43. The molecule has 4 nitrogen and oxygen atoms in total. The van der Waals surface area contributed by atoms with Crippen LogP contribution in [-0.2, 0) is 0 Å². The largest absolute Gasteiger partial charge is 0.586 e. The maximum atomic E-state index is 13.0. The van der Waals surface area contributed by atoms with Crippen molar-refractivity contribution in [3.05, 3.63) is 59.2 Å². The van der Waals surface area contributed by atoms with Crippen LogP contribution < -0.4 is 9.47 Å². The van der Waals surface area contributed by atoms with Crippen LogP contribution in [0.15, 0.2) is 42.5 Å². The molecule has 0 N–H and O–H groups in total. The van der Waals surface area contributed by atoms with E-state index in [2.05, 4.69) is 9.47 Å². The maximum absolute atomic E-state index is 13.0. The molecule has 6 heteroatoms. The fourth-order valence-electron chi connectivity index (χ4n) is 2.38. The van der Waals surface area contributed by atoms with E-state index >= 15 is 0 Å². The summed E-state index contributed by atoms with van der Waals surface area (Å²) in [5.41, 5.74) is 1.78. The van der Waals surface area contributed by atoms with Gasteiger partial charge in [0.15, 0.2) is 23.1 Å². The van der Waals surface area contributed by atoms with E-state index in [9.17, 15) is 18.4 Å². The molecule has 0 radical (unpaired) electrons. The molecule has 1 heterocycles. The summed E-state index contributed by atoms with van der Waals surface area (Å²) in [7, 11) is 0. The summed E-state index contributed by atoms with van der Waals surface area (Å²) in [5.74, 6) is -0.768. The van der Waals surface area contributed by atoms with Crippen LogP contribution in [0, 0.1) is 6.92 Å². The summed E-state index contributed by atoms with van der Waals surface area (Å²) in [4.78, 5) is 24.2. The number of carbonyl (C=O) groups excluding carboxylic acids is 2. The number of Topliss-reactive ketones (excluding diaryl/α,β-unsaturated/α-hetero) is 2. The first-order valence-corrected chi connectivity index (χ1v) is 7.37. The zero-order chi connectivity index (χ0) is 17.3. The van der Waals surface area contributed by atoms with E-state index in [0.29, 0.717) is 5.56 Å². The normalized spacial score (nSPS) is 14.5. The lowest BCUT2D eigenvalue weighted by atomic mass is 10.0. The maximum Gasteiger partial charge on any atom is 0.586 e. The van der Waals surface area contributed by atoms with E-state index in [1.807, 2.05) is 19.1 Å². The minimum Gasteiger partial charge on any atom is -0.395 e. The molecule has 0 spiro atoms. The predicted molar refractivity (Wildman–Crippen MR) is 81.7 cm³/mol. The van der Waals surface area contributed by atoms with Gasteiger partial charge in [-0.1, -0.05) is 29.8 Å². The number of ketones is 2. The van der Waals surface area contributed by atoms with Crippen molar-refractivity contribution in [3.8, 4) is 11.5 Å². The Kier molecular flexibility index (Phi) is 4.05. The van der Waals surface area contributed by atoms with Gasteiger partial charge in [0.25, 0.3) is 0 Å². The topological polar surface area (TPSA) is 52.6 Å². The van der Waals surface area contributed by atoms with Gasteiger partial charge >= 0.3 is 6.29 Å². The average Bonchev–Trinajstić information content (AvgIpc) is 2.85. The van der Waals surface area contributed by atoms with Crippen molar-refractivity contribution in [3.63, 3.8) is 0 Å². The van der Waals surface area contributed by atoms with E-state index in [4.69, 9.17) is 0 Å².